The van der Waals surface area contributed by atoms with E-state index in [2.05, 4.69) is 49.9 Å². The first-order valence-electron chi connectivity index (χ1n) is 10.6. The van der Waals surface area contributed by atoms with E-state index in [1.54, 1.807) is 17.1 Å². The largest absolute Gasteiger partial charge is 0.357 e. The van der Waals surface area contributed by atoms with Crippen molar-refractivity contribution in [3.8, 4) is 0 Å². The zero-order valence-electron chi connectivity index (χ0n) is 17.4. The fraction of sp³-hybridized carbons (Fsp3) is 0.217. The fourth-order valence-electron chi connectivity index (χ4n) is 4.09. The lowest BCUT2D eigenvalue weighted by Crippen LogP contribution is -2.23. The normalized spacial score (nSPS) is 13.8. The zero-order valence-corrected chi connectivity index (χ0v) is 18.2. The molecule has 0 unspecified atom stereocenters. The number of carbonyl (C=O) groups excluding carboxylic acids is 1. The predicted molar refractivity (Wildman–Crippen MR) is 121 cm³/mol. The molecule has 33 heavy (non-hydrogen) atoms. The first kappa shape index (κ1) is 19.9. The van der Waals surface area contributed by atoms with Gasteiger partial charge in [-0.3, -0.25) is 4.79 Å². The maximum Gasteiger partial charge on any atom is 0.273 e. The van der Waals surface area contributed by atoms with Crippen LogP contribution >= 0.6 is 11.6 Å². The standard InChI is InChI=1S/C23H19ClFN7O/c24-17-5-6-31-12-27-19(22(31)21(17)25)9-26-23(33)20-11-32(30-29-20)10-16-8-15-7-14(13-1-2-13)3-4-18(15)28-16/h3-8,11-13,28H,1-2,9-10H2,(H,26,33). The van der Waals surface area contributed by atoms with E-state index in [0.29, 0.717) is 18.2 Å². The SMILES string of the molecule is O=C(NCc1ncn2ccc(Cl)c(F)c12)c1cn(Cc2cc3cc(C4CC4)ccc3[nH]2)nn1. The highest BCUT2D eigenvalue weighted by atomic mass is 35.5. The molecule has 10 heteroatoms. The number of nitrogens with zero attached hydrogens (tertiary/aromatic N) is 5. The minimum absolute atomic E-state index is 0.000685. The van der Waals surface area contributed by atoms with Crippen LogP contribution in [-0.2, 0) is 13.1 Å². The Balaban J connectivity index is 1.14. The Morgan fingerprint density at radius 2 is 2.15 bits per heavy atom. The number of hydrogen-bond donors (Lipinski definition) is 2. The van der Waals surface area contributed by atoms with Crippen LogP contribution in [0.25, 0.3) is 16.4 Å². The molecule has 2 N–H and O–H groups in total. The van der Waals surface area contributed by atoms with Gasteiger partial charge in [0.25, 0.3) is 5.91 Å². The van der Waals surface area contributed by atoms with Gasteiger partial charge >= 0.3 is 0 Å². The first-order valence-corrected chi connectivity index (χ1v) is 11.0. The summed E-state index contributed by atoms with van der Waals surface area (Å²) in [7, 11) is 0. The third kappa shape index (κ3) is 3.74. The van der Waals surface area contributed by atoms with E-state index in [9.17, 15) is 9.18 Å². The summed E-state index contributed by atoms with van der Waals surface area (Å²) in [5, 5.41) is 11.9. The Hall–Kier alpha value is -3.72. The molecule has 1 aliphatic rings. The highest BCUT2D eigenvalue weighted by molar-refractivity contribution is 6.31. The van der Waals surface area contributed by atoms with Gasteiger partial charge in [-0.05, 0) is 54.0 Å². The van der Waals surface area contributed by atoms with Crippen molar-refractivity contribution in [3.05, 3.63) is 82.5 Å². The lowest BCUT2D eigenvalue weighted by molar-refractivity contribution is 0.0945. The van der Waals surface area contributed by atoms with Gasteiger partial charge in [-0.2, -0.15) is 0 Å². The third-order valence-corrected chi connectivity index (χ3v) is 6.23. The third-order valence-electron chi connectivity index (χ3n) is 5.94. The van der Waals surface area contributed by atoms with Crippen LogP contribution in [0.15, 0.2) is 49.1 Å². The van der Waals surface area contributed by atoms with Gasteiger partial charge in [0, 0.05) is 17.4 Å². The number of pyridine rings is 1. The van der Waals surface area contributed by atoms with Crippen LogP contribution in [0.5, 0.6) is 0 Å². The number of nitrogens with one attached hydrogen (secondary N) is 2. The van der Waals surface area contributed by atoms with E-state index in [4.69, 9.17) is 11.6 Å². The van der Waals surface area contributed by atoms with Crippen LogP contribution in [0.1, 0.15) is 46.2 Å². The average Bonchev–Trinajstić information content (AvgIpc) is 3.23. The summed E-state index contributed by atoms with van der Waals surface area (Å²) in [6.45, 7) is 0.494. The molecule has 0 atom stereocenters. The molecule has 1 amide bonds. The number of rotatable bonds is 6. The van der Waals surface area contributed by atoms with Crippen molar-refractivity contribution in [2.45, 2.75) is 31.8 Å². The van der Waals surface area contributed by atoms with E-state index in [1.165, 1.54) is 40.6 Å². The monoisotopic (exact) mass is 463 g/mol. The molecule has 4 aromatic heterocycles. The average molecular weight is 464 g/mol. The molecular weight excluding hydrogens is 445 g/mol. The van der Waals surface area contributed by atoms with Crippen molar-refractivity contribution in [3.63, 3.8) is 0 Å². The molecule has 166 valence electrons. The van der Waals surface area contributed by atoms with Gasteiger partial charge in [0.05, 0.1) is 36.3 Å². The van der Waals surface area contributed by atoms with Crippen LogP contribution < -0.4 is 5.32 Å². The lowest BCUT2D eigenvalue weighted by Gasteiger charge is -2.03. The van der Waals surface area contributed by atoms with E-state index in [-0.39, 0.29) is 22.8 Å². The number of aromatic amines is 1. The molecule has 6 rings (SSSR count). The summed E-state index contributed by atoms with van der Waals surface area (Å²) >= 11 is 5.87. The molecule has 0 saturated heterocycles. The number of benzene rings is 1. The van der Waals surface area contributed by atoms with E-state index in [1.807, 2.05) is 0 Å². The number of hydrogen-bond acceptors (Lipinski definition) is 4. The number of carbonyl (C=O) groups is 1. The first-order chi connectivity index (χ1) is 16.0. The Labute approximate surface area is 192 Å². The smallest absolute Gasteiger partial charge is 0.273 e. The second-order valence-electron chi connectivity index (χ2n) is 8.32. The minimum atomic E-state index is -0.575. The van der Waals surface area contributed by atoms with Gasteiger partial charge in [0.1, 0.15) is 5.52 Å². The Morgan fingerprint density at radius 3 is 3.00 bits per heavy atom. The maximum absolute atomic E-state index is 14.4. The summed E-state index contributed by atoms with van der Waals surface area (Å²) in [6, 6.07) is 10.1. The summed E-state index contributed by atoms with van der Waals surface area (Å²) in [4.78, 5) is 20.1. The molecule has 0 spiro atoms. The summed E-state index contributed by atoms with van der Waals surface area (Å²) in [5.74, 6) is -0.289. The lowest BCUT2D eigenvalue weighted by atomic mass is 10.1. The molecule has 0 bridgehead atoms. The highest BCUT2D eigenvalue weighted by Crippen LogP contribution is 2.40. The Bertz CT molecular complexity index is 1510. The molecule has 1 fully saturated rings. The molecule has 1 saturated carbocycles. The molecule has 4 heterocycles. The van der Waals surface area contributed by atoms with Crippen molar-refractivity contribution >= 4 is 33.9 Å². The summed E-state index contributed by atoms with van der Waals surface area (Å²) < 4.78 is 17.5. The Kier molecular flexibility index (Phi) is 4.65. The molecule has 1 aromatic carbocycles. The van der Waals surface area contributed by atoms with Gasteiger partial charge in [-0.25, -0.2) is 14.1 Å². The molecule has 1 aliphatic carbocycles. The number of imidazole rings is 1. The second-order valence-corrected chi connectivity index (χ2v) is 8.73. The van der Waals surface area contributed by atoms with Gasteiger partial charge in [0.15, 0.2) is 11.5 Å². The van der Waals surface area contributed by atoms with Crippen LogP contribution in [-0.4, -0.2) is 35.3 Å². The number of aromatic nitrogens is 6. The molecule has 8 nitrogen and oxygen atoms in total. The molecule has 0 aliphatic heterocycles. The zero-order chi connectivity index (χ0) is 22.5. The quantitative estimate of drug-likeness (QED) is 0.397. The predicted octanol–water partition coefficient (Wildman–Crippen LogP) is 4.06. The van der Waals surface area contributed by atoms with Crippen molar-refractivity contribution < 1.29 is 9.18 Å². The second kappa shape index (κ2) is 7.70. The van der Waals surface area contributed by atoms with Gasteiger partial charge in [-0.1, -0.05) is 22.9 Å². The molecule has 5 aromatic rings. The van der Waals surface area contributed by atoms with Crippen LogP contribution in [0.2, 0.25) is 5.02 Å². The van der Waals surface area contributed by atoms with E-state index < -0.39 is 11.7 Å². The van der Waals surface area contributed by atoms with E-state index >= 15 is 0 Å². The number of halogens is 2. The number of fused-ring (bicyclic) bond motifs is 2. The van der Waals surface area contributed by atoms with Crippen molar-refractivity contribution in [1.82, 2.24) is 34.7 Å². The summed E-state index contributed by atoms with van der Waals surface area (Å²) in [6.07, 6.45) is 7.21. The number of H-pyrrole nitrogens is 1. The van der Waals surface area contributed by atoms with Gasteiger partial charge in [-0.15, -0.1) is 5.10 Å². The van der Waals surface area contributed by atoms with E-state index in [0.717, 1.165) is 11.2 Å². The maximum atomic E-state index is 14.4. The molecular formula is C23H19ClFN7O. The van der Waals surface area contributed by atoms with Crippen molar-refractivity contribution in [1.29, 1.82) is 0 Å². The Morgan fingerprint density at radius 1 is 1.27 bits per heavy atom. The minimum Gasteiger partial charge on any atom is -0.357 e. The van der Waals surface area contributed by atoms with Crippen molar-refractivity contribution in [2.75, 3.05) is 0 Å². The summed E-state index contributed by atoms with van der Waals surface area (Å²) in [5.41, 5.74) is 4.22. The fourth-order valence-corrected chi connectivity index (χ4v) is 4.24. The van der Waals surface area contributed by atoms with Crippen LogP contribution in [0.4, 0.5) is 4.39 Å². The van der Waals surface area contributed by atoms with Crippen molar-refractivity contribution in [2.24, 2.45) is 0 Å². The number of amides is 1. The topological polar surface area (TPSA) is 92.9 Å². The van der Waals surface area contributed by atoms with Gasteiger partial charge < -0.3 is 14.7 Å². The highest BCUT2D eigenvalue weighted by Gasteiger charge is 2.23. The molecule has 0 radical (unpaired) electrons. The van der Waals surface area contributed by atoms with Crippen LogP contribution in [0, 0.1) is 5.82 Å². The van der Waals surface area contributed by atoms with Crippen LogP contribution in [0.3, 0.4) is 0 Å². The van der Waals surface area contributed by atoms with Gasteiger partial charge in [0.2, 0.25) is 0 Å².